The van der Waals surface area contributed by atoms with Gasteiger partial charge in [0.05, 0.1) is 5.69 Å². The van der Waals surface area contributed by atoms with Crippen LogP contribution in [0, 0.1) is 0 Å². The predicted octanol–water partition coefficient (Wildman–Crippen LogP) is 4.80. The summed E-state index contributed by atoms with van der Waals surface area (Å²) in [6, 6.07) is 11.1. The van der Waals surface area contributed by atoms with E-state index in [1.54, 1.807) is 0 Å². The van der Waals surface area contributed by atoms with Crippen molar-refractivity contribution in [2.24, 2.45) is 0 Å². The van der Waals surface area contributed by atoms with Gasteiger partial charge >= 0.3 is 6.18 Å². The van der Waals surface area contributed by atoms with Crippen LogP contribution in [0.2, 0.25) is 5.15 Å². The highest BCUT2D eigenvalue weighted by atomic mass is 35.5. The average molecular weight is 315 g/mol. The molecule has 0 atom stereocenters. The Kier molecular flexibility index (Phi) is 5.07. The van der Waals surface area contributed by atoms with Gasteiger partial charge < -0.3 is 5.32 Å². The second-order valence-electron chi connectivity index (χ2n) is 4.54. The van der Waals surface area contributed by atoms with E-state index in [0.717, 1.165) is 18.4 Å². The maximum atomic E-state index is 12.9. The maximum absolute atomic E-state index is 12.9. The van der Waals surface area contributed by atoms with Gasteiger partial charge in [-0.3, -0.25) is 0 Å². The molecule has 1 heterocycles. The van der Waals surface area contributed by atoms with E-state index in [2.05, 4.69) is 10.3 Å². The van der Waals surface area contributed by atoms with Gasteiger partial charge in [0.25, 0.3) is 0 Å². The number of aryl methyl sites for hydroxylation is 1. The van der Waals surface area contributed by atoms with Crippen LogP contribution < -0.4 is 5.32 Å². The molecule has 0 aliphatic rings. The molecule has 2 aromatic rings. The smallest absolute Gasteiger partial charge is 0.384 e. The minimum Gasteiger partial charge on any atom is -0.384 e. The lowest BCUT2D eigenvalue weighted by Crippen LogP contribution is -2.13. The summed E-state index contributed by atoms with van der Waals surface area (Å²) in [6.07, 6.45) is -1.74. The molecule has 1 aromatic carbocycles. The molecule has 2 rings (SSSR count). The third-order valence-electron chi connectivity index (χ3n) is 2.99. The maximum Gasteiger partial charge on any atom is 0.421 e. The molecule has 1 aromatic heterocycles. The molecule has 0 radical (unpaired) electrons. The summed E-state index contributed by atoms with van der Waals surface area (Å²) in [5, 5.41) is 2.25. The lowest BCUT2D eigenvalue weighted by atomic mass is 10.1. The second-order valence-corrected chi connectivity index (χ2v) is 4.90. The Bertz CT molecular complexity index is 585. The molecule has 0 bridgehead atoms. The Morgan fingerprint density at radius 1 is 1.10 bits per heavy atom. The number of aromatic nitrogens is 1. The van der Waals surface area contributed by atoms with E-state index in [0.29, 0.717) is 6.54 Å². The largest absolute Gasteiger partial charge is 0.421 e. The first-order chi connectivity index (χ1) is 9.98. The van der Waals surface area contributed by atoms with E-state index in [1.165, 1.54) is 12.3 Å². The highest BCUT2D eigenvalue weighted by molar-refractivity contribution is 6.30. The Labute approximate surface area is 126 Å². The van der Waals surface area contributed by atoms with Crippen molar-refractivity contribution in [2.45, 2.75) is 19.0 Å². The van der Waals surface area contributed by atoms with Crippen molar-refractivity contribution in [2.75, 3.05) is 11.9 Å². The van der Waals surface area contributed by atoms with E-state index in [1.807, 2.05) is 30.3 Å². The second kappa shape index (κ2) is 6.80. The van der Waals surface area contributed by atoms with Crippen molar-refractivity contribution >= 4 is 17.3 Å². The number of rotatable bonds is 5. The van der Waals surface area contributed by atoms with Crippen LogP contribution >= 0.6 is 11.6 Å². The molecule has 0 unspecified atom stereocenters. The lowest BCUT2D eigenvalue weighted by Gasteiger charge is -2.15. The van der Waals surface area contributed by atoms with Crippen LogP contribution in [0.4, 0.5) is 18.9 Å². The van der Waals surface area contributed by atoms with Crippen LogP contribution in [0.5, 0.6) is 0 Å². The summed E-state index contributed by atoms with van der Waals surface area (Å²) in [5.41, 5.74) is 0.213. The van der Waals surface area contributed by atoms with Gasteiger partial charge in [-0.05, 0) is 24.5 Å². The Morgan fingerprint density at radius 2 is 1.81 bits per heavy atom. The molecule has 21 heavy (non-hydrogen) atoms. The van der Waals surface area contributed by atoms with Crippen molar-refractivity contribution in [3.8, 4) is 0 Å². The highest BCUT2D eigenvalue weighted by Gasteiger charge is 2.36. The molecule has 0 aliphatic carbocycles. The normalized spacial score (nSPS) is 11.4. The van der Waals surface area contributed by atoms with E-state index < -0.39 is 16.9 Å². The minimum absolute atomic E-state index is 0.0319. The Hall–Kier alpha value is -1.75. The molecular weight excluding hydrogens is 301 g/mol. The quantitative estimate of drug-likeness (QED) is 0.633. The van der Waals surface area contributed by atoms with Crippen molar-refractivity contribution < 1.29 is 13.2 Å². The van der Waals surface area contributed by atoms with E-state index in [-0.39, 0.29) is 5.69 Å². The van der Waals surface area contributed by atoms with Crippen molar-refractivity contribution in [3.63, 3.8) is 0 Å². The first-order valence-electron chi connectivity index (χ1n) is 6.48. The first kappa shape index (κ1) is 15.6. The zero-order valence-corrected chi connectivity index (χ0v) is 11.9. The standard InChI is InChI=1S/C15H14ClF3N2/c16-14-13(15(17,18)19)12(8-10-21-14)20-9-4-7-11-5-2-1-3-6-11/h1-3,5-6,8,10H,4,7,9H2,(H,20,21). The van der Waals surface area contributed by atoms with Crippen molar-refractivity contribution in [1.29, 1.82) is 0 Å². The SMILES string of the molecule is FC(F)(F)c1c(NCCCc2ccccc2)ccnc1Cl. The molecule has 2 nitrogen and oxygen atoms in total. The predicted molar refractivity (Wildman–Crippen MR) is 77.5 cm³/mol. The third-order valence-corrected chi connectivity index (χ3v) is 3.28. The monoisotopic (exact) mass is 314 g/mol. The number of nitrogens with one attached hydrogen (secondary N) is 1. The molecule has 0 aliphatic heterocycles. The average Bonchev–Trinajstić information content (AvgIpc) is 2.43. The van der Waals surface area contributed by atoms with Gasteiger partial charge in [-0.1, -0.05) is 41.9 Å². The number of hydrogen-bond donors (Lipinski definition) is 1. The highest BCUT2D eigenvalue weighted by Crippen LogP contribution is 2.38. The summed E-state index contributed by atoms with van der Waals surface area (Å²) in [4.78, 5) is 3.49. The number of pyridine rings is 1. The Balaban J connectivity index is 1.96. The molecule has 0 saturated heterocycles. The molecule has 112 valence electrons. The molecule has 0 spiro atoms. The van der Waals surface area contributed by atoms with Gasteiger partial charge in [-0.2, -0.15) is 13.2 Å². The molecule has 0 fully saturated rings. The van der Waals surface area contributed by atoms with E-state index >= 15 is 0 Å². The topological polar surface area (TPSA) is 24.9 Å². The fourth-order valence-corrected chi connectivity index (χ4v) is 2.28. The summed E-state index contributed by atoms with van der Waals surface area (Å²) in [7, 11) is 0. The van der Waals surface area contributed by atoms with Gasteiger partial charge in [0, 0.05) is 12.7 Å². The minimum atomic E-state index is -4.52. The van der Waals surface area contributed by atoms with Crippen LogP contribution in [0.25, 0.3) is 0 Å². The van der Waals surface area contributed by atoms with Crippen molar-refractivity contribution in [3.05, 3.63) is 58.9 Å². The Morgan fingerprint density at radius 3 is 2.48 bits per heavy atom. The molecule has 0 saturated carbocycles. The summed E-state index contributed by atoms with van der Waals surface area (Å²) in [5.74, 6) is 0. The van der Waals surface area contributed by atoms with Crippen molar-refractivity contribution in [1.82, 2.24) is 4.98 Å². The van der Waals surface area contributed by atoms with Crippen LogP contribution in [0.15, 0.2) is 42.6 Å². The number of hydrogen-bond acceptors (Lipinski definition) is 2. The number of anilines is 1. The summed E-state index contributed by atoms with van der Waals surface area (Å²) in [6.45, 7) is 0.429. The van der Waals surface area contributed by atoms with Crippen LogP contribution in [-0.2, 0) is 12.6 Å². The zero-order chi connectivity index (χ0) is 15.3. The van der Waals surface area contributed by atoms with E-state index in [9.17, 15) is 13.2 Å². The number of alkyl halides is 3. The van der Waals surface area contributed by atoms with E-state index in [4.69, 9.17) is 11.6 Å². The molecular formula is C15H14ClF3N2. The van der Waals surface area contributed by atoms with Gasteiger partial charge in [-0.25, -0.2) is 4.98 Å². The fraction of sp³-hybridized carbons (Fsp3) is 0.267. The van der Waals surface area contributed by atoms with Gasteiger partial charge in [-0.15, -0.1) is 0 Å². The van der Waals surface area contributed by atoms with Gasteiger partial charge in [0.15, 0.2) is 0 Å². The van der Waals surface area contributed by atoms with Crippen LogP contribution in [0.1, 0.15) is 17.5 Å². The molecule has 1 N–H and O–H groups in total. The third kappa shape index (κ3) is 4.36. The number of benzene rings is 1. The fourth-order valence-electron chi connectivity index (χ4n) is 2.01. The van der Waals surface area contributed by atoms with Crippen LogP contribution in [0.3, 0.4) is 0 Å². The molecule has 0 amide bonds. The number of nitrogens with zero attached hydrogens (tertiary/aromatic N) is 1. The molecule has 6 heteroatoms. The number of halogens is 4. The van der Waals surface area contributed by atoms with Gasteiger partial charge in [0.2, 0.25) is 0 Å². The first-order valence-corrected chi connectivity index (χ1v) is 6.86. The summed E-state index contributed by atoms with van der Waals surface area (Å²) < 4.78 is 38.8. The zero-order valence-electron chi connectivity index (χ0n) is 11.1. The lowest BCUT2D eigenvalue weighted by molar-refractivity contribution is -0.137. The summed E-state index contributed by atoms with van der Waals surface area (Å²) >= 11 is 5.55. The van der Waals surface area contributed by atoms with Gasteiger partial charge in [0.1, 0.15) is 10.7 Å². The van der Waals surface area contributed by atoms with Crippen LogP contribution in [-0.4, -0.2) is 11.5 Å².